The fourth-order valence-corrected chi connectivity index (χ4v) is 2.88. The van der Waals surface area contributed by atoms with Crippen molar-refractivity contribution >= 4 is 5.96 Å². The lowest BCUT2D eigenvalue weighted by Crippen LogP contribution is -2.37. The lowest BCUT2D eigenvalue weighted by atomic mass is 10.1. The zero-order valence-corrected chi connectivity index (χ0v) is 16.4. The van der Waals surface area contributed by atoms with Crippen LogP contribution < -0.4 is 15.4 Å². The van der Waals surface area contributed by atoms with E-state index in [1.807, 2.05) is 42.1 Å². The predicted octanol–water partition coefficient (Wildman–Crippen LogP) is 3.18. The van der Waals surface area contributed by atoms with E-state index in [2.05, 4.69) is 51.1 Å². The van der Waals surface area contributed by atoms with Crippen LogP contribution in [0.25, 0.3) is 5.69 Å². The Balaban J connectivity index is 1.45. The van der Waals surface area contributed by atoms with E-state index in [9.17, 15) is 0 Å². The fraction of sp³-hybridized carbons (Fsp3) is 0.273. The van der Waals surface area contributed by atoms with Gasteiger partial charge in [-0.25, -0.2) is 4.68 Å². The number of ether oxygens (including phenoxy) is 1. The van der Waals surface area contributed by atoms with Crippen molar-refractivity contribution in [3.05, 3.63) is 78.1 Å². The summed E-state index contributed by atoms with van der Waals surface area (Å²) in [4.78, 5) is 4.29. The molecule has 0 aliphatic rings. The molecule has 0 bridgehead atoms. The van der Waals surface area contributed by atoms with Crippen molar-refractivity contribution in [3.8, 4) is 11.4 Å². The molecular weight excluding hydrogens is 350 g/mol. The molecule has 0 aliphatic carbocycles. The van der Waals surface area contributed by atoms with Crippen molar-refractivity contribution in [2.75, 3.05) is 20.2 Å². The lowest BCUT2D eigenvalue weighted by Gasteiger charge is -2.13. The Kier molecular flexibility index (Phi) is 7.07. The normalized spacial score (nSPS) is 11.3. The SMILES string of the molecule is CCOc1cccc(CNC(=NC)NCCc2ccc(-n3cccn3)cc2)c1. The second-order valence-electron chi connectivity index (χ2n) is 6.30. The average molecular weight is 377 g/mol. The molecule has 0 fully saturated rings. The molecule has 28 heavy (non-hydrogen) atoms. The number of benzene rings is 2. The van der Waals surface area contributed by atoms with Gasteiger partial charge in [0.1, 0.15) is 5.75 Å². The Bertz CT molecular complexity index is 872. The van der Waals surface area contributed by atoms with Crippen molar-refractivity contribution in [2.24, 2.45) is 4.99 Å². The quantitative estimate of drug-likeness (QED) is 0.467. The van der Waals surface area contributed by atoms with E-state index >= 15 is 0 Å². The predicted molar refractivity (Wildman–Crippen MR) is 113 cm³/mol. The Morgan fingerprint density at radius 2 is 1.93 bits per heavy atom. The van der Waals surface area contributed by atoms with Crippen LogP contribution in [0.1, 0.15) is 18.1 Å². The second kappa shape index (κ2) is 10.2. The van der Waals surface area contributed by atoms with Gasteiger partial charge in [0.2, 0.25) is 0 Å². The molecule has 0 saturated heterocycles. The first-order chi connectivity index (χ1) is 13.8. The van der Waals surface area contributed by atoms with Gasteiger partial charge >= 0.3 is 0 Å². The Morgan fingerprint density at radius 3 is 2.64 bits per heavy atom. The van der Waals surface area contributed by atoms with E-state index < -0.39 is 0 Å². The van der Waals surface area contributed by atoms with E-state index in [-0.39, 0.29) is 0 Å². The third kappa shape index (κ3) is 5.61. The van der Waals surface area contributed by atoms with Crippen LogP contribution >= 0.6 is 0 Å². The summed E-state index contributed by atoms with van der Waals surface area (Å²) < 4.78 is 7.40. The first-order valence-corrected chi connectivity index (χ1v) is 9.53. The highest BCUT2D eigenvalue weighted by Crippen LogP contribution is 2.13. The summed E-state index contributed by atoms with van der Waals surface area (Å²) in [5.74, 6) is 1.68. The minimum absolute atomic E-state index is 0.670. The van der Waals surface area contributed by atoms with Gasteiger partial charge in [0.15, 0.2) is 5.96 Å². The molecule has 2 aromatic carbocycles. The van der Waals surface area contributed by atoms with Crippen LogP contribution in [0, 0.1) is 0 Å². The van der Waals surface area contributed by atoms with Gasteiger partial charge in [-0.2, -0.15) is 5.10 Å². The largest absolute Gasteiger partial charge is 0.494 e. The Morgan fingerprint density at radius 1 is 1.07 bits per heavy atom. The number of hydrogen-bond donors (Lipinski definition) is 2. The Hall–Kier alpha value is -3.28. The summed E-state index contributed by atoms with van der Waals surface area (Å²) in [6, 6.07) is 18.4. The monoisotopic (exact) mass is 377 g/mol. The molecule has 2 N–H and O–H groups in total. The average Bonchev–Trinajstić information content (AvgIpc) is 3.26. The number of nitrogens with one attached hydrogen (secondary N) is 2. The number of hydrogen-bond acceptors (Lipinski definition) is 3. The highest BCUT2D eigenvalue weighted by atomic mass is 16.5. The smallest absolute Gasteiger partial charge is 0.191 e. The molecule has 3 rings (SSSR count). The molecule has 0 unspecified atom stereocenters. The van der Waals surface area contributed by atoms with E-state index in [4.69, 9.17) is 4.74 Å². The molecule has 6 heteroatoms. The molecule has 146 valence electrons. The third-order valence-electron chi connectivity index (χ3n) is 4.30. The first-order valence-electron chi connectivity index (χ1n) is 9.53. The maximum atomic E-state index is 5.55. The number of rotatable bonds is 8. The summed E-state index contributed by atoms with van der Waals surface area (Å²) in [7, 11) is 1.78. The van der Waals surface area contributed by atoms with Gasteiger partial charge in [-0.1, -0.05) is 24.3 Å². The molecule has 1 heterocycles. The van der Waals surface area contributed by atoms with Crippen molar-refractivity contribution in [3.63, 3.8) is 0 Å². The van der Waals surface area contributed by atoms with E-state index in [1.165, 1.54) is 5.56 Å². The minimum Gasteiger partial charge on any atom is -0.494 e. The Labute approximate surface area is 166 Å². The van der Waals surface area contributed by atoms with E-state index in [1.54, 1.807) is 13.2 Å². The molecule has 0 spiro atoms. The van der Waals surface area contributed by atoms with Crippen LogP contribution in [-0.4, -0.2) is 35.9 Å². The van der Waals surface area contributed by atoms with E-state index in [0.717, 1.165) is 35.9 Å². The maximum Gasteiger partial charge on any atom is 0.191 e. The highest BCUT2D eigenvalue weighted by Gasteiger charge is 2.01. The van der Waals surface area contributed by atoms with Crippen LogP contribution in [0.4, 0.5) is 0 Å². The second-order valence-corrected chi connectivity index (χ2v) is 6.30. The molecule has 0 radical (unpaired) electrons. The van der Waals surface area contributed by atoms with Gasteiger partial charge < -0.3 is 15.4 Å². The summed E-state index contributed by atoms with van der Waals surface area (Å²) >= 11 is 0. The zero-order chi connectivity index (χ0) is 19.6. The van der Waals surface area contributed by atoms with Gasteiger partial charge in [-0.15, -0.1) is 0 Å². The number of nitrogens with zero attached hydrogens (tertiary/aromatic N) is 3. The highest BCUT2D eigenvalue weighted by molar-refractivity contribution is 5.79. The first kappa shape index (κ1) is 19.5. The molecule has 0 atom stereocenters. The van der Waals surface area contributed by atoms with Crippen LogP contribution in [0.2, 0.25) is 0 Å². The van der Waals surface area contributed by atoms with E-state index in [0.29, 0.717) is 13.2 Å². The summed E-state index contributed by atoms with van der Waals surface area (Å²) in [5, 5.41) is 10.9. The molecule has 0 saturated carbocycles. The number of aromatic nitrogens is 2. The molecule has 0 aliphatic heterocycles. The molecule has 1 aromatic heterocycles. The summed E-state index contributed by atoms with van der Waals surface area (Å²) in [5.41, 5.74) is 3.49. The van der Waals surface area contributed by atoms with Crippen molar-refractivity contribution in [2.45, 2.75) is 19.9 Å². The summed E-state index contributed by atoms with van der Waals surface area (Å²) in [6.45, 7) is 4.16. The lowest BCUT2D eigenvalue weighted by molar-refractivity contribution is 0.340. The van der Waals surface area contributed by atoms with Gasteiger partial charge in [-0.3, -0.25) is 4.99 Å². The molecule has 3 aromatic rings. The maximum absolute atomic E-state index is 5.55. The number of aliphatic imine (C=N–C) groups is 1. The molecule has 0 amide bonds. The fourth-order valence-electron chi connectivity index (χ4n) is 2.88. The van der Waals surface area contributed by atoms with Crippen molar-refractivity contribution in [1.82, 2.24) is 20.4 Å². The van der Waals surface area contributed by atoms with Gasteiger partial charge in [0, 0.05) is 32.5 Å². The summed E-state index contributed by atoms with van der Waals surface area (Å²) in [6.07, 6.45) is 4.64. The standard InChI is InChI=1S/C22H27N5O/c1-3-28-21-7-4-6-19(16-21)17-25-22(23-2)24-14-12-18-8-10-20(11-9-18)27-15-5-13-26-27/h4-11,13,15-16H,3,12,14,17H2,1-2H3,(H2,23,24,25). The molecule has 6 nitrogen and oxygen atoms in total. The van der Waals surface area contributed by atoms with Crippen molar-refractivity contribution < 1.29 is 4.74 Å². The van der Waals surface area contributed by atoms with Crippen LogP contribution in [0.15, 0.2) is 72.0 Å². The number of guanidine groups is 1. The van der Waals surface area contributed by atoms with Gasteiger partial charge in [0.05, 0.1) is 12.3 Å². The van der Waals surface area contributed by atoms with Gasteiger partial charge in [-0.05, 0) is 54.8 Å². The molecular formula is C22H27N5O. The van der Waals surface area contributed by atoms with Crippen LogP contribution in [0.3, 0.4) is 0 Å². The van der Waals surface area contributed by atoms with Crippen LogP contribution in [0.5, 0.6) is 5.75 Å². The zero-order valence-electron chi connectivity index (χ0n) is 16.4. The minimum atomic E-state index is 0.670. The van der Waals surface area contributed by atoms with Crippen molar-refractivity contribution in [1.29, 1.82) is 0 Å². The van der Waals surface area contributed by atoms with Gasteiger partial charge in [0.25, 0.3) is 0 Å². The third-order valence-corrected chi connectivity index (χ3v) is 4.30. The topological polar surface area (TPSA) is 63.5 Å². The van der Waals surface area contributed by atoms with Crippen LogP contribution in [-0.2, 0) is 13.0 Å².